The number of carbonyl (C=O) groups excluding carboxylic acids is 3. The minimum atomic E-state index is -0.592. The van der Waals surface area contributed by atoms with Gasteiger partial charge in [-0.05, 0) is 73.7 Å². The molecule has 0 fully saturated rings. The van der Waals surface area contributed by atoms with Gasteiger partial charge in [0.25, 0.3) is 11.8 Å². The van der Waals surface area contributed by atoms with Crippen LogP contribution in [-0.2, 0) is 9.59 Å². The quantitative estimate of drug-likeness (QED) is 0.108. The minimum absolute atomic E-state index is 0.0121. The van der Waals surface area contributed by atoms with Crippen LogP contribution < -0.4 is 20.7 Å². The van der Waals surface area contributed by atoms with E-state index in [0.717, 1.165) is 4.90 Å². The number of anilines is 2. The Labute approximate surface area is 263 Å². The molecule has 4 aromatic rings. The molecule has 4 aromatic carbocycles. The molecule has 43 heavy (non-hydrogen) atoms. The molecular formula is C32H27Cl2N3O5S. The third kappa shape index (κ3) is 9.02. The van der Waals surface area contributed by atoms with E-state index in [1.54, 1.807) is 79.7 Å². The first-order valence-electron chi connectivity index (χ1n) is 12.9. The monoisotopic (exact) mass is 635 g/mol. The van der Waals surface area contributed by atoms with Crippen LogP contribution in [0.3, 0.4) is 0 Å². The van der Waals surface area contributed by atoms with Crippen molar-refractivity contribution in [2.75, 3.05) is 17.7 Å². The van der Waals surface area contributed by atoms with Crippen molar-refractivity contribution in [2.45, 2.75) is 17.1 Å². The van der Waals surface area contributed by atoms with Gasteiger partial charge in [-0.15, -0.1) is 11.8 Å². The van der Waals surface area contributed by atoms with Gasteiger partial charge in [0.2, 0.25) is 5.91 Å². The number of rotatable bonds is 10. The van der Waals surface area contributed by atoms with Gasteiger partial charge in [-0.25, -0.2) is 0 Å². The summed E-state index contributed by atoms with van der Waals surface area (Å²) >= 11 is 13.4. The number of nitrogens with one attached hydrogen (secondary N) is 3. The van der Waals surface area contributed by atoms with E-state index in [-0.39, 0.29) is 17.4 Å². The molecule has 0 radical (unpaired) electrons. The number of halogens is 2. The molecule has 0 saturated carbocycles. The average Bonchev–Trinajstić information content (AvgIpc) is 2.97. The van der Waals surface area contributed by atoms with Crippen molar-refractivity contribution in [1.29, 1.82) is 0 Å². The van der Waals surface area contributed by atoms with Crippen molar-refractivity contribution in [3.63, 3.8) is 0 Å². The topological polar surface area (TPSA) is 117 Å². The molecular weight excluding hydrogens is 609 g/mol. The summed E-state index contributed by atoms with van der Waals surface area (Å²) in [4.78, 5) is 40.0. The fourth-order valence-corrected chi connectivity index (χ4v) is 5.34. The number of methoxy groups -OCH3 is 1. The van der Waals surface area contributed by atoms with Crippen molar-refractivity contribution in [3.8, 4) is 11.5 Å². The second-order valence-corrected chi connectivity index (χ2v) is 11.5. The van der Waals surface area contributed by atoms with Crippen molar-refractivity contribution in [3.05, 3.63) is 118 Å². The number of phenolic OH excluding ortho intramolecular Hbond substituents is 1. The molecule has 0 aromatic heterocycles. The molecule has 0 aliphatic heterocycles. The van der Waals surface area contributed by atoms with E-state index in [4.69, 9.17) is 27.9 Å². The van der Waals surface area contributed by atoms with Gasteiger partial charge in [-0.2, -0.15) is 0 Å². The maximum Gasteiger partial charge on any atom is 0.272 e. The summed E-state index contributed by atoms with van der Waals surface area (Å²) < 4.78 is 5.34. The lowest BCUT2D eigenvalue weighted by Gasteiger charge is -2.15. The third-order valence-corrected chi connectivity index (χ3v) is 7.48. The van der Waals surface area contributed by atoms with Crippen molar-refractivity contribution >= 4 is 70.1 Å². The number of thioether (sulfide) groups is 1. The molecule has 1 atom stereocenters. The second kappa shape index (κ2) is 14.6. The van der Waals surface area contributed by atoms with Gasteiger partial charge in [-0.3, -0.25) is 14.4 Å². The number of phenols is 1. The molecule has 8 nitrogen and oxygen atoms in total. The molecule has 0 bridgehead atoms. The van der Waals surface area contributed by atoms with Gasteiger partial charge in [-0.1, -0.05) is 47.5 Å². The Balaban J connectivity index is 1.52. The molecule has 0 heterocycles. The number of hydrogen-bond acceptors (Lipinski definition) is 6. The standard InChI is InChI=1S/C32H27Cl2N3O5S/c1-19(30(39)36-25-15-22(33)14-23(34)16-25)43-27-10-6-9-24(17-27)35-32(41)28(37-31(40)20-7-4-3-5-8-20)13-21-11-12-26(38)18-29(21)42-2/h3-19,38H,1-2H3,(H,35,41)(H,36,39)(H,37,40)/b28-13+. The van der Waals surface area contributed by atoms with Crippen LogP contribution >= 0.6 is 35.0 Å². The van der Waals surface area contributed by atoms with Crippen LogP contribution in [0.5, 0.6) is 11.5 Å². The normalized spacial score (nSPS) is 11.8. The number of ether oxygens (including phenoxy) is 1. The van der Waals surface area contributed by atoms with Crippen LogP contribution in [-0.4, -0.2) is 35.2 Å². The predicted octanol–water partition coefficient (Wildman–Crippen LogP) is 7.24. The number of benzene rings is 4. The number of carbonyl (C=O) groups is 3. The van der Waals surface area contributed by atoms with Gasteiger partial charge >= 0.3 is 0 Å². The first kappa shape index (κ1) is 31.5. The summed E-state index contributed by atoms with van der Waals surface area (Å²) in [7, 11) is 1.43. The van der Waals surface area contributed by atoms with Crippen molar-refractivity contribution in [2.24, 2.45) is 0 Å². The molecule has 0 saturated heterocycles. The lowest BCUT2D eigenvalue weighted by Crippen LogP contribution is -2.30. The van der Waals surface area contributed by atoms with Gasteiger partial charge in [0.05, 0.1) is 12.4 Å². The van der Waals surface area contributed by atoms with E-state index in [0.29, 0.717) is 38.3 Å². The van der Waals surface area contributed by atoms with Crippen molar-refractivity contribution < 1.29 is 24.2 Å². The van der Waals surface area contributed by atoms with Crippen LogP contribution in [0.15, 0.2) is 102 Å². The maximum absolute atomic E-state index is 13.5. The van der Waals surface area contributed by atoms with Crippen LogP contribution in [0.2, 0.25) is 10.0 Å². The van der Waals surface area contributed by atoms with E-state index < -0.39 is 17.1 Å². The molecule has 0 aliphatic rings. The SMILES string of the molecule is COc1cc(O)ccc1/C=C(/NC(=O)c1ccccc1)C(=O)Nc1cccc(SC(C)C(=O)Nc2cc(Cl)cc(Cl)c2)c1. The van der Waals surface area contributed by atoms with Gasteiger partial charge in [0.1, 0.15) is 17.2 Å². The Morgan fingerprint density at radius 2 is 1.58 bits per heavy atom. The number of hydrogen-bond donors (Lipinski definition) is 4. The summed E-state index contributed by atoms with van der Waals surface area (Å²) in [5.41, 5.74) is 1.71. The molecule has 11 heteroatoms. The van der Waals surface area contributed by atoms with E-state index in [1.807, 2.05) is 6.07 Å². The molecule has 220 valence electrons. The fourth-order valence-electron chi connectivity index (χ4n) is 3.89. The van der Waals surface area contributed by atoms with Crippen LogP contribution in [0.25, 0.3) is 6.08 Å². The highest BCUT2D eigenvalue weighted by atomic mass is 35.5. The fraction of sp³-hybridized carbons (Fsp3) is 0.0938. The van der Waals surface area contributed by atoms with E-state index in [9.17, 15) is 19.5 Å². The zero-order valence-electron chi connectivity index (χ0n) is 23.1. The Morgan fingerprint density at radius 1 is 0.860 bits per heavy atom. The molecule has 0 aliphatic carbocycles. The van der Waals surface area contributed by atoms with Gasteiger partial charge < -0.3 is 25.8 Å². The van der Waals surface area contributed by atoms with E-state index in [1.165, 1.54) is 37.1 Å². The van der Waals surface area contributed by atoms with Crippen LogP contribution in [0, 0.1) is 0 Å². The minimum Gasteiger partial charge on any atom is -0.508 e. The molecule has 1 unspecified atom stereocenters. The van der Waals surface area contributed by atoms with E-state index >= 15 is 0 Å². The Bertz CT molecular complexity index is 1660. The maximum atomic E-state index is 13.5. The lowest BCUT2D eigenvalue weighted by atomic mass is 10.1. The Kier molecular flexibility index (Phi) is 10.7. The largest absolute Gasteiger partial charge is 0.508 e. The lowest BCUT2D eigenvalue weighted by molar-refractivity contribution is -0.115. The highest BCUT2D eigenvalue weighted by Crippen LogP contribution is 2.29. The molecule has 4 rings (SSSR count). The highest BCUT2D eigenvalue weighted by Gasteiger charge is 2.18. The average molecular weight is 637 g/mol. The summed E-state index contributed by atoms with van der Waals surface area (Å²) in [5.74, 6) is -1.03. The predicted molar refractivity (Wildman–Crippen MR) is 172 cm³/mol. The Morgan fingerprint density at radius 3 is 2.28 bits per heavy atom. The molecule has 4 N–H and O–H groups in total. The summed E-state index contributed by atoms with van der Waals surface area (Å²) in [6.07, 6.45) is 1.46. The van der Waals surface area contributed by atoms with Crippen molar-refractivity contribution in [1.82, 2.24) is 5.32 Å². The number of aromatic hydroxyl groups is 1. The van der Waals surface area contributed by atoms with E-state index in [2.05, 4.69) is 16.0 Å². The summed E-state index contributed by atoms with van der Waals surface area (Å²) in [6, 6.07) is 24.7. The van der Waals surface area contributed by atoms with Crippen LogP contribution in [0.1, 0.15) is 22.8 Å². The zero-order chi connectivity index (χ0) is 30.9. The summed E-state index contributed by atoms with van der Waals surface area (Å²) in [5, 5.41) is 18.4. The first-order chi connectivity index (χ1) is 20.6. The zero-order valence-corrected chi connectivity index (χ0v) is 25.4. The molecule has 3 amide bonds. The van der Waals surface area contributed by atoms with Gasteiger partial charge in [0.15, 0.2) is 0 Å². The summed E-state index contributed by atoms with van der Waals surface area (Å²) in [6.45, 7) is 1.75. The Hall–Kier alpha value is -4.44. The second-order valence-electron chi connectivity index (χ2n) is 9.19. The number of amides is 3. The first-order valence-corrected chi connectivity index (χ1v) is 14.5. The van der Waals surface area contributed by atoms with Gasteiger partial charge in [0, 0.05) is 43.5 Å². The molecule has 0 spiro atoms. The third-order valence-electron chi connectivity index (χ3n) is 5.95. The van der Waals surface area contributed by atoms with Crippen LogP contribution in [0.4, 0.5) is 11.4 Å². The smallest absolute Gasteiger partial charge is 0.272 e. The highest BCUT2D eigenvalue weighted by molar-refractivity contribution is 8.00.